The van der Waals surface area contributed by atoms with Crippen LogP contribution >= 0.6 is 0 Å². The van der Waals surface area contributed by atoms with E-state index in [0.29, 0.717) is 24.3 Å². The molecule has 21 heavy (non-hydrogen) atoms. The number of benzene rings is 1. The molecule has 1 aromatic rings. The third kappa shape index (κ3) is 4.07. The van der Waals surface area contributed by atoms with Gasteiger partial charge in [0.15, 0.2) is 0 Å². The van der Waals surface area contributed by atoms with Crippen molar-refractivity contribution in [2.24, 2.45) is 5.92 Å². The van der Waals surface area contributed by atoms with Gasteiger partial charge in [-0.3, -0.25) is 4.79 Å². The second kappa shape index (κ2) is 7.08. The number of nitrogens with one attached hydrogen (secondary N) is 2. The molecule has 1 saturated heterocycles. The van der Waals surface area contributed by atoms with Crippen LogP contribution in [0, 0.1) is 5.92 Å². The van der Waals surface area contributed by atoms with E-state index in [-0.39, 0.29) is 5.91 Å². The van der Waals surface area contributed by atoms with E-state index in [0.717, 1.165) is 32.4 Å². The molecule has 2 fully saturated rings. The Bertz CT molecular complexity index is 446. The molecule has 0 aromatic heterocycles. The minimum Gasteiger partial charge on any atom is -0.353 e. The van der Waals surface area contributed by atoms with Gasteiger partial charge < -0.3 is 10.6 Å². The minimum absolute atomic E-state index is 0.256. The normalized spacial score (nSPS) is 29.2. The van der Waals surface area contributed by atoms with E-state index < -0.39 is 0 Å². The Hall–Kier alpha value is -1.35. The first-order valence-electron chi connectivity index (χ1n) is 8.36. The van der Waals surface area contributed by atoms with Crippen molar-refractivity contribution in [1.82, 2.24) is 10.6 Å². The summed E-state index contributed by atoms with van der Waals surface area (Å²) in [5, 5.41) is 6.58. The molecule has 3 rings (SSSR count). The van der Waals surface area contributed by atoms with Gasteiger partial charge in [0.25, 0.3) is 0 Å². The fourth-order valence-electron chi connectivity index (χ4n) is 3.73. The molecule has 1 aliphatic heterocycles. The second-order valence-corrected chi connectivity index (χ2v) is 6.59. The highest BCUT2D eigenvalue weighted by molar-refractivity contribution is 5.76. The smallest absolute Gasteiger partial charge is 0.220 e. The molecular formula is C18H26N2O. The van der Waals surface area contributed by atoms with Crippen molar-refractivity contribution < 1.29 is 4.79 Å². The Balaban J connectivity index is 1.42. The molecule has 0 spiro atoms. The van der Waals surface area contributed by atoms with Crippen LogP contribution < -0.4 is 10.6 Å². The lowest BCUT2D eigenvalue weighted by Crippen LogP contribution is -2.38. The maximum absolute atomic E-state index is 12.1. The molecule has 3 nitrogen and oxygen atoms in total. The van der Waals surface area contributed by atoms with E-state index in [1.54, 1.807) is 0 Å². The standard InChI is InChI=1S/C18H26N2O/c21-18(12-14-10-11-19-13-14)20-17-8-6-16(7-9-17)15-4-2-1-3-5-15/h1-5,14,16-17,19H,6-13H2,(H,20,21). The van der Waals surface area contributed by atoms with Gasteiger partial charge in [-0.1, -0.05) is 30.3 Å². The minimum atomic E-state index is 0.256. The predicted octanol–water partition coefficient (Wildman–Crippen LogP) is 2.83. The molecule has 1 saturated carbocycles. The van der Waals surface area contributed by atoms with E-state index in [4.69, 9.17) is 0 Å². The molecule has 1 aromatic carbocycles. The van der Waals surface area contributed by atoms with Crippen LogP contribution in [0.5, 0.6) is 0 Å². The summed E-state index contributed by atoms with van der Waals surface area (Å²) in [5.74, 6) is 1.48. The van der Waals surface area contributed by atoms with Gasteiger partial charge in [0.1, 0.15) is 0 Å². The molecule has 1 unspecified atom stereocenters. The summed E-state index contributed by atoms with van der Waals surface area (Å²) in [4.78, 5) is 12.1. The predicted molar refractivity (Wildman–Crippen MR) is 85.2 cm³/mol. The maximum atomic E-state index is 12.1. The van der Waals surface area contributed by atoms with Gasteiger partial charge in [0, 0.05) is 12.5 Å². The number of hydrogen-bond acceptors (Lipinski definition) is 2. The maximum Gasteiger partial charge on any atom is 0.220 e. The zero-order chi connectivity index (χ0) is 14.5. The summed E-state index contributed by atoms with van der Waals surface area (Å²) in [5.41, 5.74) is 1.46. The lowest BCUT2D eigenvalue weighted by atomic mass is 9.81. The van der Waals surface area contributed by atoms with Gasteiger partial charge in [-0.25, -0.2) is 0 Å². The van der Waals surface area contributed by atoms with Gasteiger partial charge >= 0.3 is 0 Å². The molecule has 1 aliphatic carbocycles. The fraction of sp³-hybridized carbons (Fsp3) is 0.611. The Labute approximate surface area is 127 Å². The zero-order valence-corrected chi connectivity index (χ0v) is 12.7. The number of rotatable bonds is 4. The molecule has 3 heteroatoms. The van der Waals surface area contributed by atoms with Crippen LogP contribution in [0.15, 0.2) is 30.3 Å². The van der Waals surface area contributed by atoms with E-state index >= 15 is 0 Å². The highest BCUT2D eigenvalue weighted by atomic mass is 16.1. The summed E-state index contributed by atoms with van der Waals surface area (Å²) in [6, 6.07) is 11.2. The lowest BCUT2D eigenvalue weighted by molar-refractivity contribution is -0.122. The Morgan fingerprint density at radius 1 is 1.10 bits per heavy atom. The van der Waals surface area contributed by atoms with E-state index in [1.807, 2.05) is 0 Å². The van der Waals surface area contributed by atoms with Crippen LogP contribution in [-0.4, -0.2) is 25.0 Å². The largest absolute Gasteiger partial charge is 0.353 e. The highest BCUT2D eigenvalue weighted by Gasteiger charge is 2.24. The summed E-state index contributed by atoms with van der Waals surface area (Å²) in [7, 11) is 0. The third-order valence-corrected chi connectivity index (χ3v) is 5.00. The van der Waals surface area contributed by atoms with E-state index in [9.17, 15) is 4.79 Å². The quantitative estimate of drug-likeness (QED) is 0.893. The van der Waals surface area contributed by atoms with Gasteiger partial charge in [-0.2, -0.15) is 0 Å². The van der Waals surface area contributed by atoms with E-state index in [1.165, 1.54) is 18.4 Å². The monoisotopic (exact) mass is 286 g/mol. The lowest BCUT2D eigenvalue weighted by Gasteiger charge is -2.29. The van der Waals surface area contributed by atoms with E-state index in [2.05, 4.69) is 41.0 Å². The first kappa shape index (κ1) is 14.6. The fourth-order valence-corrected chi connectivity index (χ4v) is 3.73. The summed E-state index contributed by atoms with van der Waals surface area (Å²) >= 11 is 0. The number of amides is 1. The molecule has 1 amide bonds. The van der Waals surface area contributed by atoms with Crippen LogP contribution in [0.4, 0.5) is 0 Å². The molecule has 1 atom stereocenters. The van der Waals surface area contributed by atoms with Crippen molar-refractivity contribution in [3.63, 3.8) is 0 Å². The third-order valence-electron chi connectivity index (χ3n) is 5.00. The first-order valence-corrected chi connectivity index (χ1v) is 8.36. The number of carbonyl (C=O) groups excluding carboxylic acids is 1. The molecular weight excluding hydrogens is 260 g/mol. The molecule has 1 heterocycles. The first-order chi connectivity index (χ1) is 10.3. The van der Waals surface area contributed by atoms with Crippen molar-refractivity contribution in [1.29, 1.82) is 0 Å². The summed E-state index contributed by atoms with van der Waals surface area (Å²) < 4.78 is 0. The van der Waals surface area contributed by atoms with Crippen LogP contribution in [0.1, 0.15) is 50.0 Å². The number of carbonyl (C=O) groups is 1. The number of hydrogen-bond donors (Lipinski definition) is 2. The average molecular weight is 286 g/mol. The Morgan fingerprint density at radius 3 is 2.52 bits per heavy atom. The van der Waals surface area contributed by atoms with Gasteiger partial charge in [-0.05, 0) is 62.6 Å². The van der Waals surface area contributed by atoms with Gasteiger partial charge in [-0.15, -0.1) is 0 Å². The van der Waals surface area contributed by atoms with Crippen LogP contribution in [0.25, 0.3) is 0 Å². The molecule has 2 N–H and O–H groups in total. The van der Waals surface area contributed by atoms with Crippen molar-refractivity contribution in [2.45, 2.75) is 50.5 Å². The van der Waals surface area contributed by atoms with Crippen LogP contribution in [0.3, 0.4) is 0 Å². The highest BCUT2D eigenvalue weighted by Crippen LogP contribution is 2.32. The second-order valence-electron chi connectivity index (χ2n) is 6.59. The zero-order valence-electron chi connectivity index (χ0n) is 12.7. The molecule has 0 bridgehead atoms. The van der Waals surface area contributed by atoms with Crippen molar-refractivity contribution in [3.05, 3.63) is 35.9 Å². The summed E-state index contributed by atoms with van der Waals surface area (Å²) in [6.45, 7) is 2.08. The summed E-state index contributed by atoms with van der Waals surface area (Å²) in [6.07, 6.45) is 6.47. The molecule has 0 radical (unpaired) electrons. The van der Waals surface area contributed by atoms with Crippen molar-refractivity contribution in [3.8, 4) is 0 Å². The SMILES string of the molecule is O=C(CC1CCNC1)NC1CCC(c2ccccc2)CC1. The van der Waals surface area contributed by atoms with Crippen LogP contribution in [-0.2, 0) is 4.79 Å². The Kier molecular flexibility index (Phi) is 4.91. The van der Waals surface area contributed by atoms with Crippen LogP contribution in [0.2, 0.25) is 0 Å². The van der Waals surface area contributed by atoms with Crippen molar-refractivity contribution >= 4 is 5.91 Å². The van der Waals surface area contributed by atoms with Crippen molar-refractivity contribution in [2.75, 3.05) is 13.1 Å². The molecule has 2 aliphatic rings. The topological polar surface area (TPSA) is 41.1 Å². The average Bonchev–Trinajstić information content (AvgIpc) is 3.02. The van der Waals surface area contributed by atoms with Gasteiger partial charge in [0.05, 0.1) is 0 Å². The van der Waals surface area contributed by atoms with Gasteiger partial charge in [0.2, 0.25) is 5.91 Å². The molecule has 114 valence electrons. The Morgan fingerprint density at radius 2 is 1.86 bits per heavy atom.